The Balaban J connectivity index is 1.35. The molecule has 0 spiro atoms. The van der Waals surface area contributed by atoms with E-state index in [1.165, 1.54) is 11.3 Å². The quantitative estimate of drug-likeness (QED) is 0.492. The Morgan fingerprint density at radius 1 is 1.32 bits per heavy atom. The number of halogens is 1. The molecule has 1 aromatic carbocycles. The zero-order valence-corrected chi connectivity index (χ0v) is 18.4. The molecule has 4 N–H and O–H groups in total. The highest BCUT2D eigenvalue weighted by Gasteiger charge is 2.34. The molecule has 1 aliphatic heterocycles. The summed E-state index contributed by atoms with van der Waals surface area (Å²) in [5, 5.41) is 12.2. The first-order valence-electron chi connectivity index (χ1n) is 10.2. The van der Waals surface area contributed by atoms with Crippen molar-refractivity contribution in [1.82, 2.24) is 5.32 Å². The molecule has 31 heavy (non-hydrogen) atoms. The maximum absolute atomic E-state index is 12.3. The summed E-state index contributed by atoms with van der Waals surface area (Å²) < 4.78 is 5.94. The monoisotopic (exact) mass is 464 g/mol. The minimum Gasteiger partial charge on any atom is -0.442 e. The number of nitrogens with one attached hydrogen (secondary N) is 1. The average molecular weight is 465 g/mol. The van der Waals surface area contributed by atoms with Crippen molar-refractivity contribution in [3.8, 4) is 0 Å². The lowest BCUT2D eigenvalue weighted by Gasteiger charge is -2.31. The third-order valence-electron chi connectivity index (χ3n) is 5.46. The fraction of sp³-hybridized carbons (Fsp3) is 0.429. The fourth-order valence-electron chi connectivity index (χ4n) is 3.64. The number of hydrogen-bond acceptors (Lipinski definition) is 7. The van der Waals surface area contributed by atoms with Gasteiger partial charge in [0.1, 0.15) is 6.10 Å². The predicted octanol–water partition coefficient (Wildman–Crippen LogP) is 2.65. The fourth-order valence-corrected chi connectivity index (χ4v) is 4.60. The highest BCUT2D eigenvalue weighted by atomic mass is 35.5. The van der Waals surface area contributed by atoms with E-state index in [1.54, 1.807) is 17.0 Å². The number of thiophene rings is 1. The van der Waals surface area contributed by atoms with Crippen LogP contribution in [-0.2, 0) is 4.74 Å². The third kappa shape index (κ3) is 5.12. The lowest BCUT2D eigenvalue weighted by molar-refractivity contribution is 0.0920. The number of carbonyl (C=O) groups is 2. The second kappa shape index (κ2) is 9.44. The molecule has 2 amide bonds. The zero-order chi connectivity index (χ0) is 22.0. The van der Waals surface area contributed by atoms with Crippen LogP contribution in [-0.4, -0.2) is 55.6 Å². The summed E-state index contributed by atoms with van der Waals surface area (Å²) >= 11 is 7.06. The summed E-state index contributed by atoms with van der Waals surface area (Å²) in [5.41, 5.74) is 7.94. The Labute approximate surface area is 189 Å². The van der Waals surface area contributed by atoms with Crippen molar-refractivity contribution in [3.05, 3.63) is 45.6 Å². The SMILES string of the molecule is NC(C1CC1)N(CCO)c1ccc(N2CC(CNC(=O)c3ccc(Cl)s3)OC2=O)cc1. The molecule has 4 rings (SSSR count). The van der Waals surface area contributed by atoms with Crippen molar-refractivity contribution in [2.24, 2.45) is 11.7 Å². The van der Waals surface area contributed by atoms with Gasteiger partial charge in [-0.1, -0.05) is 11.6 Å². The summed E-state index contributed by atoms with van der Waals surface area (Å²) in [6.07, 6.45) is 1.20. The van der Waals surface area contributed by atoms with Gasteiger partial charge in [-0.15, -0.1) is 11.3 Å². The number of carbonyl (C=O) groups excluding carboxylic acids is 2. The Bertz CT molecular complexity index is 934. The molecule has 1 saturated heterocycles. The van der Waals surface area contributed by atoms with Crippen LogP contribution < -0.4 is 20.9 Å². The average Bonchev–Trinajstić information content (AvgIpc) is 3.43. The maximum Gasteiger partial charge on any atom is 0.414 e. The largest absolute Gasteiger partial charge is 0.442 e. The van der Waals surface area contributed by atoms with E-state index in [2.05, 4.69) is 5.32 Å². The van der Waals surface area contributed by atoms with Gasteiger partial charge in [0, 0.05) is 17.9 Å². The van der Waals surface area contributed by atoms with Crippen molar-refractivity contribution in [1.29, 1.82) is 0 Å². The summed E-state index contributed by atoms with van der Waals surface area (Å²) in [6.45, 7) is 1.03. The number of nitrogens with zero attached hydrogens (tertiary/aromatic N) is 2. The summed E-state index contributed by atoms with van der Waals surface area (Å²) in [7, 11) is 0. The van der Waals surface area contributed by atoms with Gasteiger partial charge in [0.25, 0.3) is 5.91 Å². The molecule has 0 radical (unpaired) electrons. The Hall–Kier alpha value is -2.33. The standard InChI is InChI=1S/C21H25ClN4O4S/c22-18-8-7-17(31-18)20(28)24-11-16-12-26(21(29)30-16)15-5-3-14(4-6-15)25(9-10-27)19(23)13-1-2-13/h3-8,13,16,19,27H,1-2,9-12,23H2,(H,24,28). The molecular weight excluding hydrogens is 440 g/mol. The molecule has 2 fully saturated rings. The Morgan fingerprint density at radius 3 is 2.68 bits per heavy atom. The molecule has 2 unspecified atom stereocenters. The van der Waals surface area contributed by atoms with Gasteiger partial charge in [0.15, 0.2) is 0 Å². The van der Waals surface area contributed by atoms with Crippen molar-refractivity contribution in [2.45, 2.75) is 25.1 Å². The number of cyclic esters (lactones) is 1. The van der Waals surface area contributed by atoms with E-state index < -0.39 is 12.2 Å². The lowest BCUT2D eigenvalue weighted by atomic mass is 10.2. The number of anilines is 2. The number of ether oxygens (including phenoxy) is 1. The van der Waals surface area contributed by atoms with Crippen LogP contribution in [0.1, 0.15) is 22.5 Å². The van der Waals surface area contributed by atoms with Gasteiger partial charge in [-0.25, -0.2) is 4.79 Å². The molecule has 1 saturated carbocycles. The zero-order valence-electron chi connectivity index (χ0n) is 16.9. The molecule has 2 aliphatic rings. The van der Waals surface area contributed by atoms with Crippen LogP contribution in [0.5, 0.6) is 0 Å². The molecule has 0 bridgehead atoms. The second-order valence-electron chi connectivity index (χ2n) is 7.69. The van der Waals surface area contributed by atoms with E-state index >= 15 is 0 Å². The van der Waals surface area contributed by atoms with Crippen LogP contribution in [0, 0.1) is 5.92 Å². The van der Waals surface area contributed by atoms with E-state index in [1.807, 2.05) is 29.2 Å². The number of aliphatic hydroxyl groups excluding tert-OH is 1. The van der Waals surface area contributed by atoms with Crippen molar-refractivity contribution in [3.63, 3.8) is 0 Å². The van der Waals surface area contributed by atoms with E-state index in [0.29, 0.717) is 33.9 Å². The van der Waals surface area contributed by atoms with Crippen molar-refractivity contribution < 1.29 is 19.4 Å². The van der Waals surface area contributed by atoms with Crippen LogP contribution >= 0.6 is 22.9 Å². The second-order valence-corrected chi connectivity index (χ2v) is 9.41. The first-order valence-corrected chi connectivity index (χ1v) is 11.4. The highest BCUT2D eigenvalue weighted by Crippen LogP contribution is 2.35. The smallest absolute Gasteiger partial charge is 0.414 e. The van der Waals surface area contributed by atoms with E-state index in [-0.39, 0.29) is 25.2 Å². The van der Waals surface area contributed by atoms with Gasteiger partial charge < -0.3 is 25.8 Å². The molecule has 10 heteroatoms. The normalized spacial score (nSPS) is 19.3. The summed E-state index contributed by atoms with van der Waals surface area (Å²) in [6, 6.07) is 10.8. The van der Waals surface area contributed by atoms with Gasteiger partial charge in [0.05, 0.1) is 35.1 Å². The number of amides is 2. The van der Waals surface area contributed by atoms with Gasteiger partial charge in [-0.2, -0.15) is 0 Å². The first kappa shape index (κ1) is 21.9. The molecule has 166 valence electrons. The minimum atomic E-state index is -0.451. The number of nitrogens with two attached hydrogens (primary N) is 1. The molecule has 2 aromatic rings. The molecule has 1 aromatic heterocycles. The van der Waals surface area contributed by atoms with Crippen molar-refractivity contribution in [2.75, 3.05) is 36.0 Å². The topological polar surface area (TPSA) is 108 Å². The lowest BCUT2D eigenvalue weighted by Crippen LogP contribution is -2.45. The van der Waals surface area contributed by atoms with Gasteiger partial charge in [0.2, 0.25) is 0 Å². The van der Waals surface area contributed by atoms with Gasteiger partial charge in [-0.3, -0.25) is 9.69 Å². The van der Waals surface area contributed by atoms with Crippen LogP contribution in [0.3, 0.4) is 0 Å². The number of hydrogen-bond donors (Lipinski definition) is 3. The van der Waals surface area contributed by atoms with E-state index in [0.717, 1.165) is 18.5 Å². The van der Waals surface area contributed by atoms with Crippen LogP contribution in [0.2, 0.25) is 4.34 Å². The number of benzene rings is 1. The van der Waals surface area contributed by atoms with Crippen LogP contribution in [0.4, 0.5) is 16.2 Å². The van der Waals surface area contributed by atoms with Gasteiger partial charge in [-0.05, 0) is 55.2 Å². The van der Waals surface area contributed by atoms with Crippen molar-refractivity contribution >= 4 is 46.3 Å². The van der Waals surface area contributed by atoms with E-state index in [4.69, 9.17) is 22.1 Å². The molecule has 2 heterocycles. The molecular formula is C21H25ClN4O4S. The molecule has 8 nitrogen and oxygen atoms in total. The Morgan fingerprint density at radius 2 is 2.06 bits per heavy atom. The number of rotatable bonds is 9. The first-order chi connectivity index (χ1) is 15.0. The Kier molecular flexibility index (Phi) is 6.66. The van der Waals surface area contributed by atoms with Crippen LogP contribution in [0.15, 0.2) is 36.4 Å². The third-order valence-corrected chi connectivity index (χ3v) is 6.69. The maximum atomic E-state index is 12.3. The summed E-state index contributed by atoms with van der Waals surface area (Å²) in [4.78, 5) is 28.6. The number of aliphatic hydroxyl groups is 1. The van der Waals surface area contributed by atoms with Gasteiger partial charge >= 0.3 is 6.09 Å². The molecule has 2 atom stereocenters. The highest BCUT2D eigenvalue weighted by molar-refractivity contribution is 7.18. The van der Waals surface area contributed by atoms with Crippen LogP contribution in [0.25, 0.3) is 0 Å². The van der Waals surface area contributed by atoms with E-state index in [9.17, 15) is 14.7 Å². The predicted molar refractivity (Wildman–Crippen MR) is 121 cm³/mol. The molecule has 1 aliphatic carbocycles. The summed E-state index contributed by atoms with van der Waals surface area (Å²) in [5.74, 6) is 0.215. The minimum absolute atomic E-state index is 0.0195.